The number of rotatable bonds is 6. The average molecular weight is 311 g/mol. The Balaban J connectivity index is 1.81. The fraction of sp³-hybridized carbons (Fsp3) is 0.579. The number of likely N-dealkylation sites (tertiary alicyclic amines) is 1. The molecule has 1 heterocycles. The van der Waals surface area contributed by atoms with Gasteiger partial charge in [-0.2, -0.15) is 10.5 Å². The van der Waals surface area contributed by atoms with Gasteiger partial charge in [-0.3, -0.25) is 0 Å². The van der Waals surface area contributed by atoms with Gasteiger partial charge in [-0.05, 0) is 50.3 Å². The first kappa shape index (κ1) is 17.3. The summed E-state index contributed by atoms with van der Waals surface area (Å²) < 4.78 is 6.18. The van der Waals surface area contributed by atoms with Crippen molar-refractivity contribution in [2.75, 3.05) is 19.6 Å². The van der Waals surface area contributed by atoms with E-state index in [9.17, 15) is 5.26 Å². The third kappa shape index (κ3) is 5.27. The van der Waals surface area contributed by atoms with Gasteiger partial charge in [-0.25, -0.2) is 0 Å². The van der Waals surface area contributed by atoms with E-state index in [4.69, 9.17) is 10.00 Å². The van der Waals surface area contributed by atoms with Crippen LogP contribution in [0.2, 0.25) is 0 Å². The summed E-state index contributed by atoms with van der Waals surface area (Å²) in [6, 6.07) is 10.8. The molecule has 1 aliphatic heterocycles. The molecule has 0 radical (unpaired) electrons. The molecule has 1 saturated heterocycles. The lowest BCUT2D eigenvalue weighted by Gasteiger charge is -2.33. The van der Waals surface area contributed by atoms with Gasteiger partial charge in [0.2, 0.25) is 0 Å². The van der Waals surface area contributed by atoms with Gasteiger partial charge in [0.25, 0.3) is 0 Å². The monoisotopic (exact) mass is 311 g/mol. The van der Waals surface area contributed by atoms with Crippen LogP contribution in [0, 0.1) is 42.4 Å². The Bertz CT molecular complexity index is 592. The molecule has 1 aromatic rings. The molecule has 1 aliphatic rings. The quantitative estimate of drug-likeness (QED) is 0.805. The average Bonchev–Trinajstić information content (AvgIpc) is 2.56. The first-order valence-corrected chi connectivity index (χ1v) is 8.35. The maximum Gasteiger partial charge on any atom is 0.122 e. The van der Waals surface area contributed by atoms with Crippen LogP contribution >= 0.6 is 0 Å². The molecule has 0 saturated carbocycles. The standard InChI is InChI=1S/C19H25N3O/c1-15-5-6-16(2)19(12-15)23-18-7-10-22(11-8-18)14-17(13-21)4-3-9-20/h5-6,12,17-18H,3-4,7-8,10-11,14H2,1-2H3. The largest absolute Gasteiger partial charge is 0.490 e. The minimum atomic E-state index is -0.0360. The molecule has 23 heavy (non-hydrogen) atoms. The van der Waals surface area contributed by atoms with Gasteiger partial charge in [0, 0.05) is 26.1 Å². The maximum absolute atomic E-state index is 9.18. The van der Waals surface area contributed by atoms with E-state index in [1.807, 2.05) is 0 Å². The van der Waals surface area contributed by atoms with Crippen molar-refractivity contribution in [1.82, 2.24) is 4.90 Å². The zero-order valence-corrected chi connectivity index (χ0v) is 14.1. The van der Waals surface area contributed by atoms with Crippen LogP contribution in [0.25, 0.3) is 0 Å². The van der Waals surface area contributed by atoms with Gasteiger partial charge < -0.3 is 9.64 Å². The normalized spacial score (nSPS) is 17.2. The molecule has 1 fully saturated rings. The van der Waals surface area contributed by atoms with Crippen LogP contribution in [0.3, 0.4) is 0 Å². The highest BCUT2D eigenvalue weighted by Gasteiger charge is 2.23. The smallest absolute Gasteiger partial charge is 0.122 e. The van der Waals surface area contributed by atoms with Crippen LogP contribution < -0.4 is 4.74 Å². The van der Waals surface area contributed by atoms with Crippen LogP contribution in [-0.4, -0.2) is 30.6 Å². The van der Waals surface area contributed by atoms with E-state index in [2.05, 4.69) is 49.1 Å². The lowest BCUT2D eigenvalue weighted by Crippen LogP contribution is -2.40. The summed E-state index contributed by atoms with van der Waals surface area (Å²) in [6.07, 6.45) is 3.37. The molecule has 122 valence electrons. The molecule has 0 spiro atoms. The molecule has 4 nitrogen and oxygen atoms in total. The number of nitrogens with zero attached hydrogens (tertiary/aromatic N) is 3. The third-order valence-electron chi connectivity index (χ3n) is 4.44. The van der Waals surface area contributed by atoms with E-state index >= 15 is 0 Å². The highest BCUT2D eigenvalue weighted by atomic mass is 16.5. The van der Waals surface area contributed by atoms with E-state index < -0.39 is 0 Å². The van der Waals surface area contributed by atoms with Gasteiger partial charge >= 0.3 is 0 Å². The molecule has 1 atom stereocenters. The zero-order valence-electron chi connectivity index (χ0n) is 14.1. The molecule has 0 amide bonds. The van der Waals surface area contributed by atoms with E-state index in [-0.39, 0.29) is 12.0 Å². The van der Waals surface area contributed by atoms with Crippen LogP contribution in [0.5, 0.6) is 5.75 Å². The van der Waals surface area contributed by atoms with E-state index in [1.54, 1.807) is 0 Å². The van der Waals surface area contributed by atoms with Crippen LogP contribution in [0.4, 0.5) is 0 Å². The summed E-state index contributed by atoms with van der Waals surface area (Å²) in [6.45, 7) is 6.85. The summed E-state index contributed by atoms with van der Waals surface area (Å²) in [7, 11) is 0. The number of nitriles is 2. The second kappa shape index (κ2) is 8.56. The predicted molar refractivity (Wildman–Crippen MR) is 90.0 cm³/mol. The van der Waals surface area contributed by atoms with Crippen molar-refractivity contribution in [2.24, 2.45) is 5.92 Å². The van der Waals surface area contributed by atoms with Crippen molar-refractivity contribution < 1.29 is 4.74 Å². The lowest BCUT2D eigenvalue weighted by molar-refractivity contribution is 0.0943. The van der Waals surface area contributed by atoms with Crippen molar-refractivity contribution in [3.63, 3.8) is 0 Å². The molecule has 0 N–H and O–H groups in total. The lowest BCUT2D eigenvalue weighted by atomic mass is 10.0. The van der Waals surface area contributed by atoms with Gasteiger partial charge in [-0.1, -0.05) is 12.1 Å². The molecule has 4 heteroatoms. The highest BCUT2D eigenvalue weighted by molar-refractivity contribution is 5.36. The number of ether oxygens (including phenoxy) is 1. The summed E-state index contributed by atoms with van der Waals surface area (Å²) in [5.41, 5.74) is 2.40. The molecular weight excluding hydrogens is 286 g/mol. The molecule has 0 bridgehead atoms. The molecule has 0 aromatic heterocycles. The summed E-state index contributed by atoms with van der Waals surface area (Å²) in [4.78, 5) is 2.33. The summed E-state index contributed by atoms with van der Waals surface area (Å²) in [5.74, 6) is 0.957. The second-order valence-electron chi connectivity index (χ2n) is 6.41. The number of benzene rings is 1. The van der Waals surface area contributed by atoms with Gasteiger partial charge in [0.15, 0.2) is 0 Å². The minimum absolute atomic E-state index is 0.0360. The molecule has 0 aliphatic carbocycles. The molecule has 2 rings (SSSR count). The second-order valence-corrected chi connectivity index (χ2v) is 6.41. The first-order valence-electron chi connectivity index (χ1n) is 8.35. The Hall–Kier alpha value is -2.04. The van der Waals surface area contributed by atoms with Gasteiger partial charge in [0.05, 0.1) is 18.1 Å². The predicted octanol–water partition coefficient (Wildman–Crippen LogP) is 3.59. The van der Waals surface area contributed by atoms with Crippen LogP contribution in [0.1, 0.15) is 36.8 Å². The highest BCUT2D eigenvalue weighted by Crippen LogP contribution is 2.24. The van der Waals surface area contributed by atoms with Gasteiger partial charge in [0.1, 0.15) is 11.9 Å². The van der Waals surface area contributed by atoms with E-state index in [1.165, 1.54) is 11.1 Å². The van der Waals surface area contributed by atoms with Crippen molar-refractivity contribution in [3.8, 4) is 17.9 Å². The number of piperidine rings is 1. The fourth-order valence-corrected chi connectivity index (χ4v) is 2.97. The van der Waals surface area contributed by atoms with Crippen LogP contribution in [-0.2, 0) is 0 Å². The van der Waals surface area contributed by atoms with Crippen molar-refractivity contribution >= 4 is 0 Å². The Morgan fingerprint density at radius 1 is 1.26 bits per heavy atom. The van der Waals surface area contributed by atoms with E-state index in [0.717, 1.165) is 38.2 Å². The fourth-order valence-electron chi connectivity index (χ4n) is 2.97. The van der Waals surface area contributed by atoms with Crippen molar-refractivity contribution in [1.29, 1.82) is 10.5 Å². The van der Waals surface area contributed by atoms with Crippen LogP contribution in [0.15, 0.2) is 18.2 Å². The summed E-state index contributed by atoms with van der Waals surface area (Å²) >= 11 is 0. The van der Waals surface area contributed by atoms with Gasteiger partial charge in [-0.15, -0.1) is 0 Å². The number of hydrogen-bond acceptors (Lipinski definition) is 4. The molecule has 1 aromatic carbocycles. The molecule has 1 unspecified atom stereocenters. The topological polar surface area (TPSA) is 60.0 Å². The Labute approximate surface area is 139 Å². The minimum Gasteiger partial charge on any atom is -0.490 e. The molecular formula is C19H25N3O. The SMILES string of the molecule is Cc1ccc(C)c(OC2CCN(CC(C#N)CCC#N)CC2)c1. The number of hydrogen-bond donors (Lipinski definition) is 0. The third-order valence-corrected chi connectivity index (χ3v) is 4.44. The van der Waals surface area contributed by atoms with E-state index in [0.29, 0.717) is 12.8 Å². The first-order chi connectivity index (χ1) is 11.1. The maximum atomic E-state index is 9.18. The zero-order chi connectivity index (χ0) is 16.7. The Morgan fingerprint density at radius 3 is 2.65 bits per heavy atom. The van der Waals surface area contributed by atoms with Crippen molar-refractivity contribution in [2.45, 2.75) is 45.6 Å². The number of aryl methyl sites for hydroxylation is 2. The summed E-state index contributed by atoms with van der Waals surface area (Å²) in [5, 5.41) is 17.8. The van der Waals surface area contributed by atoms with Crippen molar-refractivity contribution in [3.05, 3.63) is 29.3 Å². The Morgan fingerprint density at radius 2 is 2.00 bits per heavy atom. The Kier molecular flexibility index (Phi) is 6.44.